The molecule has 0 aliphatic rings. The number of pyridine rings is 1. The Morgan fingerprint density at radius 2 is 2.00 bits per heavy atom. The Morgan fingerprint density at radius 3 is 2.60 bits per heavy atom. The fraction of sp³-hybridized carbons (Fsp3) is 0.100. The van der Waals surface area contributed by atoms with E-state index in [1.54, 1.807) is 25.5 Å². The number of aromatic nitrogens is 3. The van der Waals surface area contributed by atoms with Crippen molar-refractivity contribution in [3.05, 3.63) is 40.9 Å². The molecule has 2 rings (SSSR count). The average Bonchev–Trinajstić information content (AvgIpc) is 2.26. The highest BCUT2D eigenvalue weighted by Crippen LogP contribution is 2.15. The molecule has 15 heavy (non-hydrogen) atoms. The predicted molar refractivity (Wildman–Crippen MR) is 57.1 cm³/mol. The lowest BCUT2D eigenvalue weighted by Crippen LogP contribution is -2.22. The van der Waals surface area contributed by atoms with Gasteiger partial charge in [-0.3, -0.25) is 9.78 Å². The van der Waals surface area contributed by atoms with Crippen molar-refractivity contribution in [2.24, 2.45) is 7.05 Å². The number of hydrogen-bond acceptors (Lipinski definition) is 4. The fourth-order valence-electron chi connectivity index (χ4n) is 1.30. The van der Waals surface area contributed by atoms with Crippen molar-refractivity contribution in [3.8, 4) is 11.3 Å². The Balaban J connectivity index is 2.61. The second-order valence-corrected chi connectivity index (χ2v) is 3.15. The molecule has 0 radical (unpaired) electrons. The number of nitrogens with zero attached hydrogens (tertiary/aromatic N) is 3. The molecule has 2 aromatic heterocycles. The third-order valence-electron chi connectivity index (χ3n) is 2.07. The quantitative estimate of drug-likeness (QED) is 0.727. The highest BCUT2D eigenvalue weighted by Gasteiger charge is 2.04. The molecule has 0 unspecified atom stereocenters. The molecule has 5 heteroatoms. The van der Waals surface area contributed by atoms with Crippen LogP contribution in [0.5, 0.6) is 0 Å². The van der Waals surface area contributed by atoms with Crippen molar-refractivity contribution in [2.75, 3.05) is 5.73 Å². The van der Waals surface area contributed by atoms with Crippen LogP contribution in [0.2, 0.25) is 0 Å². The Hall–Kier alpha value is -2.17. The highest BCUT2D eigenvalue weighted by atomic mass is 16.1. The van der Waals surface area contributed by atoms with E-state index in [-0.39, 0.29) is 11.2 Å². The van der Waals surface area contributed by atoms with Crippen LogP contribution in [0.1, 0.15) is 0 Å². The van der Waals surface area contributed by atoms with E-state index in [1.165, 1.54) is 4.68 Å². The number of rotatable bonds is 1. The zero-order valence-electron chi connectivity index (χ0n) is 8.21. The van der Waals surface area contributed by atoms with E-state index in [9.17, 15) is 4.79 Å². The van der Waals surface area contributed by atoms with Crippen LogP contribution in [0.25, 0.3) is 11.3 Å². The van der Waals surface area contributed by atoms with Gasteiger partial charge >= 0.3 is 0 Å². The minimum Gasteiger partial charge on any atom is -0.394 e. The standard InChI is InChI=1S/C10H10N4O/c1-14-10(15)8(11)6-9(13-14)7-2-4-12-5-3-7/h2-6H,11H2,1H3. The molecule has 0 atom stereocenters. The number of aryl methyl sites for hydroxylation is 1. The lowest BCUT2D eigenvalue weighted by molar-refractivity contribution is 0.715. The van der Waals surface area contributed by atoms with Crippen LogP contribution >= 0.6 is 0 Å². The maximum atomic E-state index is 11.3. The van der Waals surface area contributed by atoms with Gasteiger partial charge in [-0.1, -0.05) is 0 Å². The zero-order valence-corrected chi connectivity index (χ0v) is 8.21. The molecule has 76 valence electrons. The van der Waals surface area contributed by atoms with Gasteiger partial charge in [-0.25, -0.2) is 4.68 Å². The minimum absolute atomic E-state index is 0.194. The van der Waals surface area contributed by atoms with Crippen LogP contribution in [-0.4, -0.2) is 14.8 Å². The Morgan fingerprint density at radius 1 is 1.33 bits per heavy atom. The van der Waals surface area contributed by atoms with Crippen molar-refractivity contribution in [1.82, 2.24) is 14.8 Å². The molecule has 2 aromatic rings. The SMILES string of the molecule is Cn1nc(-c2ccncc2)cc(N)c1=O. The molecule has 5 nitrogen and oxygen atoms in total. The van der Waals surface area contributed by atoms with E-state index in [4.69, 9.17) is 5.73 Å². The van der Waals surface area contributed by atoms with Gasteiger partial charge in [-0.15, -0.1) is 0 Å². The van der Waals surface area contributed by atoms with E-state index >= 15 is 0 Å². The van der Waals surface area contributed by atoms with E-state index in [0.29, 0.717) is 5.69 Å². The largest absolute Gasteiger partial charge is 0.394 e. The summed E-state index contributed by atoms with van der Waals surface area (Å²) in [5, 5.41) is 4.10. The Kier molecular flexibility index (Phi) is 2.21. The number of nitrogen functional groups attached to an aromatic ring is 1. The maximum Gasteiger partial charge on any atom is 0.289 e. The second kappa shape index (κ2) is 3.53. The van der Waals surface area contributed by atoms with Crippen molar-refractivity contribution >= 4 is 5.69 Å². The summed E-state index contributed by atoms with van der Waals surface area (Å²) < 4.78 is 1.23. The predicted octanol–water partition coefficient (Wildman–Crippen LogP) is 0.424. The van der Waals surface area contributed by atoms with Crippen LogP contribution in [0.4, 0.5) is 5.69 Å². The summed E-state index contributed by atoms with van der Waals surface area (Å²) in [5.74, 6) is 0. The van der Waals surface area contributed by atoms with Crippen molar-refractivity contribution in [3.63, 3.8) is 0 Å². The first kappa shape index (κ1) is 9.39. The molecule has 0 aromatic carbocycles. The van der Waals surface area contributed by atoms with Crippen LogP contribution in [0, 0.1) is 0 Å². The van der Waals surface area contributed by atoms with Crippen molar-refractivity contribution in [2.45, 2.75) is 0 Å². The first-order chi connectivity index (χ1) is 7.18. The third kappa shape index (κ3) is 1.71. The number of anilines is 1. The zero-order chi connectivity index (χ0) is 10.8. The van der Waals surface area contributed by atoms with Gasteiger partial charge in [-0.05, 0) is 18.2 Å². The van der Waals surface area contributed by atoms with Crippen molar-refractivity contribution < 1.29 is 0 Å². The average molecular weight is 202 g/mol. The molecule has 0 saturated heterocycles. The van der Waals surface area contributed by atoms with Gasteiger partial charge in [0.25, 0.3) is 5.56 Å². The van der Waals surface area contributed by atoms with Crippen LogP contribution in [-0.2, 0) is 7.05 Å². The molecular weight excluding hydrogens is 192 g/mol. The van der Waals surface area contributed by atoms with Gasteiger partial charge < -0.3 is 5.73 Å². The topological polar surface area (TPSA) is 73.8 Å². The first-order valence-electron chi connectivity index (χ1n) is 4.42. The van der Waals surface area contributed by atoms with Crippen molar-refractivity contribution in [1.29, 1.82) is 0 Å². The Bertz CT molecular complexity index is 507. The number of hydrogen-bond donors (Lipinski definition) is 1. The smallest absolute Gasteiger partial charge is 0.289 e. The van der Waals surface area contributed by atoms with E-state index < -0.39 is 0 Å². The minimum atomic E-state index is -0.284. The van der Waals surface area contributed by atoms with Crippen LogP contribution in [0.15, 0.2) is 35.4 Å². The van der Waals surface area contributed by atoms with Gasteiger partial charge in [0.05, 0.1) is 5.69 Å². The van der Waals surface area contributed by atoms with E-state index in [2.05, 4.69) is 10.1 Å². The first-order valence-corrected chi connectivity index (χ1v) is 4.42. The molecule has 2 N–H and O–H groups in total. The van der Waals surface area contributed by atoms with Gasteiger partial charge in [0.1, 0.15) is 5.69 Å². The molecule has 0 spiro atoms. The van der Waals surface area contributed by atoms with Gasteiger partial charge in [0.2, 0.25) is 0 Å². The van der Waals surface area contributed by atoms with E-state index in [1.807, 2.05) is 12.1 Å². The highest BCUT2D eigenvalue weighted by molar-refractivity contribution is 5.61. The molecular formula is C10H10N4O. The monoisotopic (exact) mass is 202 g/mol. The summed E-state index contributed by atoms with van der Waals surface area (Å²) >= 11 is 0. The van der Waals surface area contributed by atoms with Gasteiger partial charge in [-0.2, -0.15) is 5.10 Å². The maximum absolute atomic E-state index is 11.3. The lowest BCUT2D eigenvalue weighted by atomic mass is 10.2. The fourth-order valence-corrected chi connectivity index (χ4v) is 1.30. The molecule has 2 heterocycles. The summed E-state index contributed by atoms with van der Waals surface area (Å²) in [6, 6.07) is 5.19. The summed E-state index contributed by atoms with van der Waals surface area (Å²) in [6.07, 6.45) is 3.33. The summed E-state index contributed by atoms with van der Waals surface area (Å²) in [7, 11) is 1.57. The molecule has 0 fully saturated rings. The van der Waals surface area contributed by atoms with Crippen LogP contribution < -0.4 is 11.3 Å². The lowest BCUT2D eigenvalue weighted by Gasteiger charge is -2.03. The normalized spacial score (nSPS) is 10.2. The second-order valence-electron chi connectivity index (χ2n) is 3.15. The molecule has 0 bridgehead atoms. The molecule has 0 amide bonds. The van der Waals surface area contributed by atoms with Gasteiger partial charge in [0.15, 0.2) is 0 Å². The van der Waals surface area contributed by atoms with E-state index in [0.717, 1.165) is 5.56 Å². The molecule has 0 aliphatic carbocycles. The van der Waals surface area contributed by atoms with Gasteiger partial charge in [0, 0.05) is 25.0 Å². The number of nitrogens with two attached hydrogens (primary N) is 1. The Labute approximate surface area is 86.2 Å². The van der Waals surface area contributed by atoms with Crippen LogP contribution in [0.3, 0.4) is 0 Å². The summed E-state index contributed by atoms with van der Waals surface area (Å²) in [6.45, 7) is 0. The summed E-state index contributed by atoms with van der Waals surface area (Å²) in [5.41, 5.74) is 7.02. The third-order valence-corrected chi connectivity index (χ3v) is 2.07. The molecule has 0 saturated carbocycles. The summed E-state index contributed by atoms with van der Waals surface area (Å²) in [4.78, 5) is 15.2. The molecule has 0 aliphatic heterocycles.